The van der Waals surface area contributed by atoms with E-state index in [0.717, 1.165) is 54.9 Å². The van der Waals surface area contributed by atoms with Crippen molar-refractivity contribution in [2.75, 3.05) is 0 Å². The van der Waals surface area contributed by atoms with Crippen molar-refractivity contribution in [3.63, 3.8) is 0 Å². The molecule has 11 aromatic rings. The van der Waals surface area contributed by atoms with Crippen LogP contribution < -0.4 is 77.3 Å². The van der Waals surface area contributed by atoms with Crippen LogP contribution in [0.2, 0.25) is 0 Å². The van der Waals surface area contributed by atoms with Gasteiger partial charge in [-0.2, -0.15) is 13.2 Å². The number of ether oxygens (including phenoxy) is 4. The van der Waals surface area contributed by atoms with Gasteiger partial charge in [-0.1, -0.05) is 261 Å². The topological polar surface area (TPSA) is 36.9 Å². The van der Waals surface area contributed by atoms with Gasteiger partial charge in [0.25, 0.3) is 0 Å². The molecule has 4 nitrogen and oxygen atoms in total. The zero-order chi connectivity index (χ0) is 76.9. The standard InChI is InChI=1S/C50H34F4O4P2.C41H53F3P2.C5H10.Fe/c51-49(52)55-41-31-33-43(59(35-19-7-1-8-20-35,36-21-9-2-10-22-36)37-23-11-3-12-24-37)45(47(41)57-49)46-44(34-32-42-48(46)58-50(53,54)56-42)60(38-25-13-4-14-26-38,39-27-15-5-16-28-39)40-29-17-6-18-30-40;1-28-22-29(2)25-35(24-28)45(36-26-30(3)23-32(27-36)41(42,43)44)31(4)37-19-13-20-38(37)39-18-11-12-21-40(39)46(33-14-7-5-8-15-33)34-16-9-6-10-17-34;1-2-4-5-3-1;/h1-34H;11-12,18,21-27,31,33-34,37-38H,5-10,13-17,19-20H2,1-4H3;1-5H2;/q+2;;;/t;31-,37?,38?,45?;;/m.1../s1. The van der Waals surface area contributed by atoms with Crippen molar-refractivity contribution in [3.8, 4) is 34.1 Å². The average Bonchev–Trinajstić information content (AvgIpc) is 1.23. The number of benzene rings is 11. The molecule has 3 unspecified atom stereocenters. The van der Waals surface area contributed by atoms with E-state index in [0.29, 0.717) is 28.0 Å². The van der Waals surface area contributed by atoms with E-state index in [-0.39, 0.29) is 64.8 Å². The first kappa shape index (κ1) is 81.0. The second-order valence-corrected chi connectivity index (χ2v) is 42.9. The van der Waals surface area contributed by atoms with Gasteiger partial charge in [-0.3, -0.25) is 0 Å². The van der Waals surface area contributed by atoms with Gasteiger partial charge >= 0.3 is 18.8 Å². The molecule has 2 aliphatic heterocycles. The van der Waals surface area contributed by atoms with Crippen molar-refractivity contribution in [2.24, 2.45) is 5.92 Å². The summed E-state index contributed by atoms with van der Waals surface area (Å²) in [5.41, 5.74) is 6.43. The molecule has 4 aliphatic carbocycles. The van der Waals surface area contributed by atoms with Gasteiger partial charge in [-0.15, -0.1) is 17.6 Å². The Labute approximate surface area is 670 Å². The summed E-state index contributed by atoms with van der Waals surface area (Å²) in [6, 6.07) is 86.8. The Bertz CT molecular complexity index is 4530. The molecule has 0 radical (unpaired) electrons. The van der Waals surface area contributed by atoms with Crippen molar-refractivity contribution in [1.29, 1.82) is 0 Å². The van der Waals surface area contributed by atoms with Gasteiger partial charge in [0, 0.05) is 17.1 Å². The van der Waals surface area contributed by atoms with Crippen LogP contribution in [0, 0.1) is 26.7 Å². The normalized spacial score (nSPS) is 18.5. The van der Waals surface area contributed by atoms with Gasteiger partial charge in [0.2, 0.25) is 0 Å². The zero-order valence-corrected chi connectivity index (χ0v) is 68.6. The minimum absolute atomic E-state index is 0. The van der Waals surface area contributed by atoms with Crippen LogP contribution >= 0.6 is 30.4 Å². The number of aryl methyl sites for hydroxylation is 3. The summed E-state index contributed by atoms with van der Waals surface area (Å²) in [6.45, 7) is 8.46. The second-order valence-electron chi connectivity index (χ2n) is 30.8. The van der Waals surface area contributed by atoms with Gasteiger partial charge in [-0.05, 0) is 232 Å². The van der Waals surface area contributed by atoms with Gasteiger partial charge < -0.3 is 18.9 Å². The third kappa shape index (κ3) is 16.8. The molecule has 4 atom stereocenters. The fourth-order valence-corrected chi connectivity index (χ4v) is 35.1. The van der Waals surface area contributed by atoms with Gasteiger partial charge in [-0.25, -0.2) is 0 Å². The molecule has 17 rings (SSSR count). The van der Waals surface area contributed by atoms with Crippen molar-refractivity contribution in [1.82, 2.24) is 0 Å². The van der Waals surface area contributed by atoms with E-state index in [4.69, 9.17) is 18.9 Å². The smallest absolute Gasteiger partial charge is 0.395 e. The molecule has 0 saturated heterocycles. The Balaban J connectivity index is 0.000000179. The molecular weight excluding hydrogens is 1530 g/mol. The van der Waals surface area contributed by atoms with E-state index in [1.807, 2.05) is 189 Å². The minimum Gasteiger partial charge on any atom is -0.395 e. The number of hydrogen-bond donors (Lipinski definition) is 0. The molecule has 4 saturated carbocycles. The molecule has 112 heavy (non-hydrogen) atoms. The van der Waals surface area contributed by atoms with Crippen LogP contribution in [0.3, 0.4) is 0 Å². The molecule has 0 aromatic heterocycles. The molecule has 11 aromatic carbocycles. The summed E-state index contributed by atoms with van der Waals surface area (Å²) in [6.07, 6.45) is 12.5. The number of alkyl halides is 7. The molecule has 580 valence electrons. The van der Waals surface area contributed by atoms with Crippen LogP contribution in [0.4, 0.5) is 30.7 Å². The predicted molar refractivity (Wildman–Crippen MR) is 452 cm³/mol. The van der Waals surface area contributed by atoms with E-state index in [2.05, 4.69) is 69.3 Å². The SMILES string of the molecule is C1CCCC1.Cc1cc(C)cc(P(c2cc(C)cc(C(F)(F)F)c2)[C@H](C)C2CCCC2c2ccccc2P(C2CCCCC2)C2CCCCC2)c1.FC1(F)Oc2ccc([P+](c3ccccc3)(c3ccccc3)c3ccccc3)c(-c3c([P+](c4ccccc4)(c4ccccc4)c4ccccc4)ccc4c3OC(F)(F)O4)c2O1.[Fe]. The number of hydrogen-bond acceptors (Lipinski definition) is 4. The summed E-state index contributed by atoms with van der Waals surface area (Å²) >= 11 is 0. The van der Waals surface area contributed by atoms with Gasteiger partial charge in [0.15, 0.2) is 23.0 Å². The van der Waals surface area contributed by atoms with Crippen molar-refractivity contribution >= 4 is 88.7 Å². The van der Waals surface area contributed by atoms with E-state index < -0.39 is 46.8 Å². The number of rotatable bonds is 17. The summed E-state index contributed by atoms with van der Waals surface area (Å²) in [5, 5.41) is 10.3. The Morgan fingerprint density at radius 1 is 0.375 bits per heavy atom. The fraction of sp³-hybridized carbons (Fsp3) is 0.312. The molecule has 4 fully saturated rings. The van der Waals surface area contributed by atoms with Crippen LogP contribution in [-0.2, 0) is 23.2 Å². The number of halogens is 7. The Hall–Kier alpha value is -7.63. The Morgan fingerprint density at radius 2 is 0.714 bits per heavy atom. The first-order chi connectivity index (χ1) is 53.8. The molecule has 0 spiro atoms. The van der Waals surface area contributed by atoms with Gasteiger partial charge in [0.1, 0.15) is 57.0 Å². The summed E-state index contributed by atoms with van der Waals surface area (Å²) in [5.74, 6) is -0.161. The van der Waals surface area contributed by atoms with Crippen LogP contribution in [0.5, 0.6) is 23.0 Å². The molecule has 0 amide bonds. The maximum atomic E-state index is 15.8. The van der Waals surface area contributed by atoms with Crippen LogP contribution in [0.25, 0.3) is 11.1 Å². The fourth-order valence-electron chi connectivity index (χ4n) is 18.9. The molecule has 0 bridgehead atoms. The Morgan fingerprint density at radius 3 is 1.09 bits per heavy atom. The molecule has 0 N–H and O–H groups in total. The summed E-state index contributed by atoms with van der Waals surface area (Å²) in [4.78, 5) is 0. The third-order valence-electron chi connectivity index (χ3n) is 23.5. The maximum Gasteiger partial charge on any atom is 0.586 e. The molecular formula is C96H97F7FeO4P4+2. The van der Waals surface area contributed by atoms with Gasteiger partial charge in [0.05, 0.1) is 16.7 Å². The van der Waals surface area contributed by atoms with Crippen molar-refractivity contribution in [3.05, 3.63) is 295 Å². The number of fused-ring (bicyclic) bond motifs is 2. The zero-order valence-electron chi connectivity index (χ0n) is 63.9. The third-order valence-corrected chi connectivity index (χ3v) is 38.5. The van der Waals surface area contributed by atoms with E-state index >= 15 is 17.6 Å². The monoisotopic (exact) mass is 1630 g/mol. The van der Waals surface area contributed by atoms with E-state index in [1.165, 1.54) is 150 Å². The maximum absolute atomic E-state index is 15.8. The Kier molecular flexibility index (Phi) is 25.5. The first-order valence-electron chi connectivity index (χ1n) is 39.7. The van der Waals surface area contributed by atoms with Crippen LogP contribution in [0.15, 0.2) is 267 Å². The van der Waals surface area contributed by atoms with E-state index in [1.54, 1.807) is 23.0 Å². The minimum atomic E-state index is -4.35. The van der Waals surface area contributed by atoms with Crippen molar-refractivity contribution < 1.29 is 66.7 Å². The summed E-state index contributed by atoms with van der Waals surface area (Å²) in [7, 11) is -7.58. The first-order valence-corrected chi connectivity index (χ1v) is 46.2. The average molecular weight is 1630 g/mol. The molecule has 6 aliphatic rings. The quantitative estimate of drug-likeness (QED) is 0.0517. The van der Waals surface area contributed by atoms with Crippen LogP contribution in [-0.4, -0.2) is 29.6 Å². The molecule has 16 heteroatoms. The summed E-state index contributed by atoms with van der Waals surface area (Å²) < 4.78 is 127. The van der Waals surface area contributed by atoms with E-state index in [9.17, 15) is 13.2 Å². The predicted octanol–water partition coefficient (Wildman–Crippen LogP) is 23.0. The largest absolute Gasteiger partial charge is 0.586 e. The van der Waals surface area contributed by atoms with Crippen LogP contribution in [0.1, 0.15) is 156 Å². The van der Waals surface area contributed by atoms with Crippen molar-refractivity contribution in [2.45, 2.75) is 185 Å². The molecule has 2 heterocycles. The second kappa shape index (κ2) is 35.2.